The van der Waals surface area contributed by atoms with Crippen LogP contribution in [0.5, 0.6) is 17.2 Å². The lowest BCUT2D eigenvalue weighted by Gasteiger charge is -2.57. The zero-order valence-corrected chi connectivity index (χ0v) is 21.0. The number of β-lactam (4-membered cyclic amide) rings is 1. The van der Waals surface area contributed by atoms with Gasteiger partial charge in [0.25, 0.3) is 23.4 Å². The van der Waals surface area contributed by atoms with Gasteiger partial charge in [0, 0.05) is 17.3 Å². The number of rotatable bonds is 7. The highest BCUT2D eigenvalue weighted by atomic mass is 16.6. The lowest BCUT2D eigenvalue weighted by atomic mass is 9.74. The Balaban J connectivity index is 1.70. The maximum absolute atomic E-state index is 14.0. The first-order valence-corrected chi connectivity index (χ1v) is 11.6. The fourth-order valence-electron chi connectivity index (χ4n) is 5.30. The minimum atomic E-state index is -1.74. The maximum Gasteiger partial charge on any atom is 0.282 e. The van der Waals surface area contributed by atoms with Gasteiger partial charge in [-0.25, -0.2) is 0 Å². The van der Waals surface area contributed by atoms with Crippen molar-refractivity contribution in [3.63, 3.8) is 0 Å². The molecule has 3 amide bonds. The van der Waals surface area contributed by atoms with E-state index in [2.05, 4.69) is 0 Å². The van der Waals surface area contributed by atoms with Crippen molar-refractivity contribution in [2.24, 2.45) is 0 Å². The lowest BCUT2D eigenvalue weighted by Crippen LogP contribution is -2.75. The van der Waals surface area contributed by atoms with Crippen LogP contribution >= 0.6 is 0 Å². The number of methoxy groups -OCH3 is 3. The van der Waals surface area contributed by atoms with Crippen LogP contribution in [0.2, 0.25) is 0 Å². The Bertz CT molecular complexity index is 1500. The summed E-state index contributed by atoms with van der Waals surface area (Å²) in [6, 6.07) is 14.8. The molecule has 3 aromatic rings. The summed E-state index contributed by atoms with van der Waals surface area (Å²) in [7, 11) is 4.44. The number of fused-ring (bicyclic) bond motifs is 1. The Morgan fingerprint density at radius 3 is 2.16 bits per heavy atom. The number of amides is 3. The van der Waals surface area contributed by atoms with E-state index in [0.717, 1.165) is 11.0 Å². The zero-order valence-electron chi connectivity index (χ0n) is 21.0. The molecule has 0 saturated carbocycles. The molecule has 3 aromatic carbocycles. The van der Waals surface area contributed by atoms with Gasteiger partial charge < -0.3 is 14.2 Å². The zero-order chi connectivity index (χ0) is 27.4. The van der Waals surface area contributed by atoms with E-state index in [1.807, 2.05) is 0 Å². The van der Waals surface area contributed by atoms with Gasteiger partial charge in [0.2, 0.25) is 0 Å². The molecule has 11 nitrogen and oxygen atoms in total. The standard InChI is InChI=1S/C27H23N3O8/c1-27(29-24(31)17-7-5-9-19(30(34)35)21(17)25(29)32)23(18-8-6-10-20(37-3)22(18)38-4)28(26(27)33)15-11-13-16(36-2)14-12-15/h5-14,23H,1-4H3. The molecule has 194 valence electrons. The predicted molar refractivity (Wildman–Crippen MR) is 135 cm³/mol. The number of nitrogens with zero attached hydrogens (tertiary/aromatic N) is 3. The first kappa shape index (κ1) is 24.8. The van der Waals surface area contributed by atoms with Crippen LogP contribution in [0, 0.1) is 10.1 Å². The molecule has 0 radical (unpaired) electrons. The SMILES string of the molecule is COc1ccc(N2C(=O)C(C)(N3C(=O)c4cccc([N+](=O)[O-])c4C3=O)C2c2cccc(OC)c2OC)cc1. The topological polar surface area (TPSA) is 129 Å². The summed E-state index contributed by atoms with van der Waals surface area (Å²) in [6.07, 6.45) is 0. The van der Waals surface area contributed by atoms with Crippen LogP contribution in [-0.2, 0) is 4.79 Å². The molecule has 0 N–H and O–H groups in total. The van der Waals surface area contributed by atoms with Crippen molar-refractivity contribution in [2.75, 3.05) is 26.2 Å². The minimum Gasteiger partial charge on any atom is -0.497 e. The van der Waals surface area contributed by atoms with E-state index in [1.54, 1.807) is 42.5 Å². The van der Waals surface area contributed by atoms with Gasteiger partial charge in [-0.1, -0.05) is 18.2 Å². The van der Waals surface area contributed by atoms with Gasteiger partial charge >= 0.3 is 0 Å². The third-order valence-corrected chi connectivity index (χ3v) is 7.08. The molecule has 2 unspecified atom stereocenters. The fraction of sp³-hybridized carbons (Fsp3) is 0.222. The molecule has 0 aromatic heterocycles. The Hall–Kier alpha value is -4.93. The van der Waals surface area contributed by atoms with Gasteiger partial charge in [0.1, 0.15) is 11.3 Å². The number of carbonyl (C=O) groups excluding carboxylic acids is 3. The van der Waals surface area contributed by atoms with Crippen molar-refractivity contribution in [3.8, 4) is 17.2 Å². The number of benzene rings is 3. The minimum absolute atomic E-state index is 0.127. The Labute approximate surface area is 217 Å². The number of para-hydroxylation sites is 1. The third kappa shape index (κ3) is 3.24. The van der Waals surface area contributed by atoms with Crippen LogP contribution < -0.4 is 19.1 Å². The molecule has 11 heteroatoms. The van der Waals surface area contributed by atoms with Crippen molar-refractivity contribution < 1.29 is 33.5 Å². The lowest BCUT2D eigenvalue weighted by molar-refractivity contribution is -0.385. The monoisotopic (exact) mass is 517 g/mol. The van der Waals surface area contributed by atoms with Crippen LogP contribution in [0.4, 0.5) is 11.4 Å². The van der Waals surface area contributed by atoms with Crippen molar-refractivity contribution in [1.82, 2.24) is 4.90 Å². The predicted octanol–water partition coefficient (Wildman–Crippen LogP) is 3.76. The molecule has 2 atom stereocenters. The van der Waals surface area contributed by atoms with E-state index < -0.39 is 39.9 Å². The molecule has 0 aliphatic carbocycles. The summed E-state index contributed by atoms with van der Waals surface area (Å²) in [6.45, 7) is 1.48. The normalized spacial score (nSPS) is 20.2. The van der Waals surface area contributed by atoms with Crippen molar-refractivity contribution in [2.45, 2.75) is 18.5 Å². The molecule has 2 aliphatic rings. The quantitative estimate of drug-likeness (QED) is 0.201. The van der Waals surface area contributed by atoms with Crippen molar-refractivity contribution >= 4 is 29.1 Å². The number of imide groups is 1. The van der Waals surface area contributed by atoms with Crippen LogP contribution in [-0.4, -0.2) is 54.4 Å². The summed E-state index contributed by atoms with van der Waals surface area (Å²) in [4.78, 5) is 54.4. The summed E-state index contributed by atoms with van der Waals surface area (Å²) >= 11 is 0. The molecular formula is C27H23N3O8. The van der Waals surface area contributed by atoms with Gasteiger partial charge in [-0.3, -0.25) is 34.3 Å². The van der Waals surface area contributed by atoms with E-state index in [-0.39, 0.29) is 11.1 Å². The van der Waals surface area contributed by atoms with Gasteiger partial charge in [-0.05, 0) is 43.3 Å². The van der Waals surface area contributed by atoms with E-state index in [0.29, 0.717) is 28.5 Å². The molecular weight excluding hydrogens is 494 g/mol. The Morgan fingerprint density at radius 2 is 1.55 bits per heavy atom. The molecule has 0 spiro atoms. The molecule has 2 heterocycles. The number of hydrogen-bond acceptors (Lipinski definition) is 8. The van der Waals surface area contributed by atoms with Gasteiger partial charge in [-0.15, -0.1) is 0 Å². The number of nitro groups is 1. The average Bonchev–Trinajstić information content (AvgIpc) is 3.20. The van der Waals surface area contributed by atoms with Crippen LogP contribution in [0.25, 0.3) is 0 Å². The summed E-state index contributed by atoms with van der Waals surface area (Å²) in [5, 5.41) is 11.7. The number of carbonyl (C=O) groups is 3. The highest BCUT2D eigenvalue weighted by Crippen LogP contribution is 2.55. The van der Waals surface area contributed by atoms with E-state index in [9.17, 15) is 24.5 Å². The smallest absolute Gasteiger partial charge is 0.282 e. The largest absolute Gasteiger partial charge is 0.497 e. The molecule has 1 fully saturated rings. The highest BCUT2D eigenvalue weighted by molar-refractivity contribution is 6.27. The van der Waals surface area contributed by atoms with E-state index in [4.69, 9.17) is 14.2 Å². The van der Waals surface area contributed by atoms with Crippen LogP contribution in [0.1, 0.15) is 39.2 Å². The van der Waals surface area contributed by atoms with Gasteiger partial charge in [-0.2, -0.15) is 0 Å². The Morgan fingerprint density at radius 1 is 0.868 bits per heavy atom. The molecule has 2 aliphatic heterocycles. The second kappa shape index (κ2) is 8.87. The van der Waals surface area contributed by atoms with Crippen molar-refractivity contribution in [3.05, 3.63) is 87.5 Å². The third-order valence-electron chi connectivity index (χ3n) is 7.08. The fourth-order valence-corrected chi connectivity index (χ4v) is 5.30. The number of ether oxygens (including phenoxy) is 3. The van der Waals surface area contributed by atoms with Gasteiger partial charge in [0.15, 0.2) is 17.0 Å². The maximum atomic E-state index is 14.0. The molecule has 5 rings (SSSR count). The number of nitro benzene ring substituents is 1. The Kier molecular flexibility index (Phi) is 5.78. The summed E-state index contributed by atoms with van der Waals surface area (Å²) < 4.78 is 16.3. The second-order valence-corrected chi connectivity index (χ2v) is 8.91. The molecule has 0 bridgehead atoms. The first-order valence-electron chi connectivity index (χ1n) is 11.6. The van der Waals surface area contributed by atoms with Crippen LogP contribution in [0.15, 0.2) is 60.7 Å². The second-order valence-electron chi connectivity index (χ2n) is 8.91. The van der Waals surface area contributed by atoms with Crippen LogP contribution in [0.3, 0.4) is 0 Å². The summed E-state index contributed by atoms with van der Waals surface area (Å²) in [5.41, 5.74) is -1.73. The van der Waals surface area contributed by atoms with E-state index in [1.165, 1.54) is 45.3 Å². The number of anilines is 1. The summed E-state index contributed by atoms with van der Waals surface area (Å²) in [5.74, 6) is -0.957. The molecule has 1 saturated heterocycles. The number of hydrogen-bond donors (Lipinski definition) is 0. The highest BCUT2D eigenvalue weighted by Gasteiger charge is 2.67. The molecule has 38 heavy (non-hydrogen) atoms. The van der Waals surface area contributed by atoms with Crippen molar-refractivity contribution in [1.29, 1.82) is 0 Å². The average molecular weight is 517 g/mol. The first-order chi connectivity index (χ1) is 18.2. The van der Waals surface area contributed by atoms with Gasteiger partial charge in [0.05, 0.1) is 37.9 Å². The van der Waals surface area contributed by atoms with E-state index >= 15 is 0 Å².